The summed E-state index contributed by atoms with van der Waals surface area (Å²) in [6.07, 6.45) is 4.64. The quantitative estimate of drug-likeness (QED) is 0.620. The van der Waals surface area contributed by atoms with Gasteiger partial charge in [0.05, 0.1) is 0 Å². The van der Waals surface area contributed by atoms with Crippen LogP contribution in [0.5, 0.6) is 0 Å². The fourth-order valence-corrected chi connectivity index (χ4v) is 3.74. The average Bonchev–Trinajstić information content (AvgIpc) is 2.91. The van der Waals surface area contributed by atoms with Crippen molar-refractivity contribution >= 4 is 10.2 Å². The van der Waals surface area contributed by atoms with Gasteiger partial charge >= 0.3 is 0 Å². The number of piperidine rings is 1. The molecule has 2 heterocycles. The first-order valence-corrected chi connectivity index (χ1v) is 7.88. The summed E-state index contributed by atoms with van der Waals surface area (Å²) in [5.74, 6) is 0.664. The highest BCUT2D eigenvalue weighted by molar-refractivity contribution is 7.87. The Morgan fingerprint density at radius 1 is 1.53 bits per heavy atom. The molecule has 0 radical (unpaired) electrons. The second-order valence-corrected chi connectivity index (χ2v) is 6.29. The monoisotopic (exact) mass is 288 g/mol. The highest BCUT2D eigenvalue weighted by Gasteiger charge is 2.30. The van der Waals surface area contributed by atoms with Gasteiger partial charge in [0.2, 0.25) is 0 Å². The summed E-state index contributed by atoms with van der Waals surface area (Å²) in [7, 11) is -3.46. The molecule has 108 valence electrons. The SMILES string of the molecule is NCC1CCCCN1S(=O)(=O)NCCc1ncn[nH]1. The van der Waals surface area contributed by atoms with E-state index in [1.807, 2.05) is 0 Å². The molecule has 19 heavy (non-hydrogen) atoms. The van der Waals surface area contributed by atoms with Gasteiger partial charge < -0.3 is 5.73 Å². The largest absolute Gasteiger partial charge is 0.329 e. The minimum atomic E-state index is -3.46. The molecule has 0 aliphatic carbocycles. The minimum absolute atomic E-state index is 0.0865. The van der Waals surface area contributed by atoms with E-state index in [0.717, 1.165) is 19.3 Å². The molecule has 1 aromatic rings. The molecule has 0 amide bonds. The van der Waals surface area contributed by atoms with Crippen molar-refractivity contribution in [3.8, 4) is 0 Å². The van der Waals surface area contributed by atoms with Gasteiger partial charge in [0.15, 0.2) is 0 Å². The fraction of sp³-hybridized carbons (Fsp3) is 0.800. The molecule has 9 heteroatoms. The summed E-state index contributed by atoms with van der Waals surface area (Å²) in [6.45, 7) is 1.20. The smallest absolute Gasteiger partial charge is 0.279 e. The Hall–Kier alpha value is -1.03. The zero-order valence-electron chi connectivity index (χ0n) is 10.7. The number of rotatable bonds is 6. The predicted octanol–water partition coefficient (Wildman–Crippen LogP) is -1.01. The van der Waals surface area contributed by atoms with Crippen molar-refractivity contribution in [3.63, 3.8) is 0 Å². The Bertz CT molecular complexity index is 474. The van der Waals surface area contributed by atoms with Gasteiger partial charge in [0, 0.05) is 32.1 Å². The van der Waals surface area contributed by atoms with E-state index in [9.17, 15) is 8.42 Å². The van der Waals surface area contributed by atoms with Crippen LogP contribution in [0.3, 0.4) is 0 Å². The van der Waals surface area contributed by atoms with Crippen molar-refractivity contribution in [2.45, 2.75) is 31.7 Å². The van der Waals surface area contributed by atoms with Crippen molar-refractivity contribution in [2.24, 2.45) is 5.73 Å². The molecular formula is C10H20N6O2S. The van der Waals surface area contributed by atoms with Gasteiger partial charge in [-0.05, 0) is 12.8 Å². The lowest BCUT2D eigenvalue weighted by atomic mass is 10.1. The van der Waals surface area contributed by atoms with Crippen molar-refractivity contribution in [1.82, 2.24) is 24.2 Å². The maximum atomic E-state index is 12.2. The minimum Gasteiger partial charge on any atom is -0.329 e. The number of nitrogens with two attached hydrogens (primary N) is 1. The molecule has 2 rings (SSSR count). The molecule has 0 saturated carbocycles. The lowest BCUT2D eigenvalue weighted by Crippen LogP contribution is -2.51. The summed E-state index contributed by atoms with van der Waals surface area (Å²) in [5, 5.41) is 6.41. The Morgan fingerprint density at radius 2 is 2.37 bits per heavy atom. The van der Waals surface area contributed by atoms with E-state index in [1.165, 1.54) is 10.6 Å². The van der Waals surface area contributed by atoms with Crippen LogP contribution in [-0.4, -0.2) is 53.6 Å². The second-order valence-electron chi connectivity index (χ2n) is 4.58. The van der Waals surface area contributed by atoms with Crippen LogP contribution in [-0.2, 0) is 16.6 Å². The molecule has 4 N–H and O–H groups in total. The summed E-state index contributed by atoms with van der Waals surface area (Å²) < 4.78 is 28.5. The number of nitrogens with one attached hydrogen (secondary N) is 2. The average molecular weight is 288 g/mol. The van der Waals surface area contributed by atoms with E-state index in [-0.39, 0.29) is 6.04 Å². The number of aromatic nitrogens is 3. The van der Waals surface area contributed by atoms with E-state index in [1.54, 1.807) is 0 Å². The topological polar surface area (TPSA) is 117 Å². The van der Waals surface area contributed by atoms with E-state index >= 15 is 0 Å². The Kier molecular flexibility index (Phi) is 4.86. The van der Waals surface area contributed by atoms with Crippen LogP contribution in [0.2, 0.25) is 0 Å². The zero-order valence-corrected chi connectivity index (χ0v) is 11.6. The molecule has 0 aromatic carbocycles. The molecule has 8 nitrogen and oxygen atoms in total. The summed E-state index contributed by atoms with van der Waals surface area (Å²) in [4.78, 5) is 3.94. The van der Waals surface area contributed by atoms with Gasteiger partial charge in [-0.25, -0.2) is 9.71 Å². The van der Waals surface area contributed by atoms with Crippen molar-refractivity contribution in [3.05, 3.63) is 12.2 Å². The number of nitrogens with zero attached hydrogens (tertiary/aromatic N) is 3. The maximum Gasteiger partial charge on any atom is 0.279 e. The van der Waals surface area contributed by atoms with E-state index in [2.05, 4.69) is 19.9 Å². The highest BCUT2D eigenvalue weighted by Crippen LogP contribution is 2.18. The van der Waals surface area contributed by atoms with E-state index < -0.39 is 10.2 Å². The molecular weight excluding hydrogens is 268 g/mol. The maximum absolute atomic E-state index is 12.2. The number of hydrogen-bond donors (Lipinski definition) is 3. The van der Waals surface area contributed by atoms with Crippen LogP contribution in [0, 0.1) is 0 Å². The zero-order chi connectivity index (χ0) is 13.7. The lowest BCUT2D eigenvalue weighted by molar-refractivity contribution is 0.254. The van der Waals surface area contributed by atoms with Crippen molar-refractivity contribution in [2.75, 3.05) is 19.6 Å². The third-order valence-electron chi connectivity index (χ3n) is 3.27. The lowest BCUT2D eigenvalue weighted by Gasteiger charge is -2.33. The molecule has 1 saturated heterocycles. The normalized spacial score (nSPS) is 21.6. The van der Waals surface area contributed by atoms with Crippen LogP contribution in [0.1, 0.15) is 25.1 Å². The molecule has 0 spiro atoms. The first kappa shape index (κ1) is 14.4. The first-order chi connectivity index (χ1) is 9.13. The van der Waals surface area contributed by atoms with E-state index in [0.29, 0.717) is 31.9 Å². The van der Waals surface area contributed by atoms with Crippen LogP contribution in [0.25, 0.3) is 0 Å². The van der Waals surface area contributed by atoms with Gasteiger partial charge in [-0.2, -0.15) is 17.8 Å². The van der Waals surface area contributed by atoms with Crippen molar-refractivity contribution in [1.29, 1.82) is 0 Å². The predicted molar refractivity (Wildman–Crippen MR) is 70.4 cm³/mol. The van der Waals surface area contributed by atoms with Gasteiger partial charge in [-0.1, -0.05) is 6.42 Å². The van der Waals surface area contributed by atoms with Gasteiger partial charge in [0.25, 0.3) is 10.2 Å². The molecule has 1 aliphatic heterocycles. The number of hydrogen-bond acceptors (Lipinski definition) is 5. The van der Waals surface area contributed by atoms with Crippen molar-refractivity contribution < 1.29 is 8.42 Å². The van der Waals surface area contributed by atoms with Crippen LogP contribution in [0.15, 0.2) is 6.33 Å². The number of aromatic amines is 1. The summed E-state index contributed by atoms with van der Waals surface area (Å²) in [6, 6.07) is -0.0865. The van der Waals surface area contributed by atoms with E-state index in [4.69, 9.17) is 5.73 Å². The fourth-order valence-electron chi connectivity index (χ4n) is 2.26. The summed E-state index contributed by atoms with van der Waals surface area (Å²) >= 11 is 0. The van der Waals surface area contributed by atoms with Gasteiger partial charge in [0.1, 0.15) is 12.2 Å². The van der Waals surface area contributed by atoms with Gasteiger partial charge in [-0.3, -0.25) is 5.10 Å². The second kappa shape index (κ2) is 6.42. The van der Waals surface area contributed by atoms with Crippen LogP contribution >= 0.6 is 0 Å². The molecule has 1 aliphatic rings. The third kappa shape index (κ3) is 3.72. The van der Waals surface area contributed by atoms with Gasteiger partial charge in [-0.15, -0.1) is 0 Å². The molecule has 1 aromatic heterocycles. The third-order valence-corrected chi connectivity index (χ3v) is 4.93. The Balaban J connectivity index is 1.89. The highest BCUT2D eigenvalue weighted by atomic mass is 32.2. The van der Waals surface area contributed by atoms with Crippen LogP contribution < -0.4 is 10.5 Å². The summed E-state index contributed by atoms with van der Waals surface area (Å²) in [5.41, 5.74) is 5.64. The molecule has 0 bridgehead atoms. The van der Waals surface area contributed by atoms with Crippen LogP contribution in [0.4, 0.5) is 0 Å². The molecule has 1 atom stereocenters. The Labute approximate surface area is 113 Å². The molecule has 1 unspecified atom stereocenters. The Morgan fingerprint density at radius 3 is 3.05 bits per heavy atom. The first-order valence-electron chi connectivity index (χ1n) is 6.44. The number of H-pyrrole nitrogens is 1. The molecule has 1 fully saturated rings. The standard InChI is InChI=1S/C10H20N6O2S/c11-7-9-3-1-2-6-16(9)19(17,18)14-5-4-10-12-8-13-15-10/h8-9,14H,1-7,11H2,(H,12,13,15).